The summed E-state index contributed by atoms with van der Waals surface area (Å²) in [6.07, 6.45) is 1.42. The summed E-state index contributed by atoms with van der Waals surface area (Å²) in [5.74, 6) is 0. The highest BCUT2D eigenvalue weighted by Gasteiger charge is 2.30. The van der Waals surface area contributed by atoms with Gasteiger partial charge in [0.1, 0.15) is 0 Å². The molecule has 1 aliphatic heterocycles. The van der Waals surface area contributed by atoms with Crippen molar-refractivity contribution in [2.75, 3.05) is 0 Å². The summed E-state index contributed by atoms with van der Waals surface area (Å²) in [5.41, 5.74) is 8.70. The molecule has 0 fully saturated rings. The first-order valence-electron chi connectivity index (χ1n) is 7.02. The van der Waals surface area contributed by atoms with Gasteiger partial charge < -0.3 is 10.6 Å². The van der Waals surface area contributed by atoms with Crippen LogP contribution in [-0.4, -0.2) is 4.90 Å². The molecule has 2 nitrogen and oxygen atoms in total. The van der Waals surface area contributed by atoms with Crippen molar-refractivity contribution in [1.29, 1.82) is 0 Å². The number of hydrogen-bond donors (Lipinski definition) is 1. The number of nitrogens with two attached hydrogens (primary N) is 1. The molecule has 1 aliphatic rings. The molecule has 0 radical (unpaired) electrons. The summed E-state index contributed by atoms with van der Waals surface area (Å²) in [6, 6.07) is 5.13. The van der Waals surface area contributed by atoms with E-state index in [-0.39, 0.29) is 6.04 Å². The van der Waals surface area contributed by atoms with Crippen LogP contribution in [-0.2, 0) is 6.18 Å². The van der Waals surface area contributed by atoms with Crippen LogP contribution in [0.25, 0.3) is 0 Å². The van der Waals surface area contributed by atoms with Crippen molar-refractivity contribution in [3.05, 3.63) is 70.7 Å². The molecule has 1 aromatic carbocycles. The van der Waals surface area contributed by atoms with Crippen molar-refractivity contribution >= 4 is 0 Å². The van der Waals surface area contributed by atoms with Gasteiger partial charge in [-0.15, -0.1) is 0 Å². The van der Waals surface area contributed by atoms with Gasteiger partial charge in [0.2, 0.25) is 0 Å². The Hall–Kier alpha value is -2.17. The lowest BCUT2D eigenvalue weighted by Crippen LogP contribution is -2.27. The SMILES string of the molecule is C/C=C1\C(N)=CC(C)=CN1C(C)c1ccc(C(F)(F)F)cc1. The third-order valence-electron chi connectivity index (χ3n) is 3.71. The van der Waals surface area contributed by atoms with E-state index in [1.165, 1.54) is 12.1 Å². The molecule has 0 aromatic heterocycles. The molecule has 5 heteroatoms. The first kappa shape index (κ1) is 16.2. The Balaban J connectivity index is 2.31. The maximum absolute atomic E-state index is 12.6. The molecular formula is C17H19F3N2. The molecule has 2 rings (SSSR count). The van der Waals surface area contributed by atoms with Gasteiger partial charge in [-0.1, -0.05) is 18.2 Å². The second-order valence-electron chi connectivity index (χ2n) is 5.35. The minimum absolute atomic E-state index is 0.115. The Morgan fingerprint density at radius 2 is 1.77 bits per heavy atom. The van der Waals surface area contributed by atoms with Crippen LogP contribution in [0.3, 0.4) is 0 Å². The molecule has 22 heavy (non-hydrogen) atoms. The van der Waals surface area contributed by atoms with Gasteiger partial charge in [0.15, 0.2) is 0 Å². The summed E-state index contributed by atoms with van der Waals surface area (Å²) >= 11 is 0. The van der Waals surface area contributed by atoms with Crippen LogP contribution in [0, 0.1) is 0 Å². The average Bonchev–Trinajstić information content (AvgIpc) is 2.45. The quantitative estimate of drug-likeness (QED) is 0.855. The van der Waals surface area contributed by atoms with Crippen molar-refractivity contribution in [2.45, 2.75) is 33.0 Å². The smallest absolute Gasteiger partial charge is 0.397 e. The van der Waals surface area contributed by atoms with Gasteiger partial charge in [0.25, 0.3) is 0 Å². The van der Waals surface area contributed by atoms with E-state index in [4.69, 9.17) is 5.73 Å². The van der Waals surface area contributed by atoms with Gasteiger partial charge in [0, 0.05) is 6.20 Å². The van der Waals surface area contributed by atoms with Crippen LogP contribution in [0.1, 0.15) is 37.9 Å². The second kappa shape index (κ2) is 5.91. The Labute approximate surface area is 128 Å². The van der Waals surface area contributed by atoms with E-state index in [2.05, 4.69) is 0 Å². The summed E-state index contributed by atoms with van der Waals surface area (Å²) in [4.78, 5) is 1.98. The molecule has 1 atom stereocenters. The first-order chi connectivity index (χ1) is 10.2. The Kier molecular flexibility index (Phi) is 4.35. The van der Waals surface area contributed by atoms with Crippen molar-refractivity contribution in [1.82, 2.24) is 4.90 Å². The second-order valence-corrected chi connectivity index (χ2v) is 5.35. The fourth-order valence-electron chi connectivity index (χ4n) is 2.54. The summed E-state index contributed by atoms with van der Waals surface area (Å²) < 4.78 is 37.9. The van der Waals surface area contributed by atoms with E-state index < -0.39 is 11.7 Å². The summed E-state index contributed by atoms with van der Waals surface area (Å²) in [6.45, 7) is 5.76. The highest BCUT2D eigenvalue weighted by molar-refractivity contribution is 5.41. The lowest BCUT2D eigenvalue weighted by molar-refractivity contribution is -0.137. The predicted molar refractivity (Wildman–Crippen MR) is 81.5 cm³/mol. The van der Waals surface area contributed by atoms with E-state index in [1.807, 2.05) is 44.0 Å². The van der Waals surface area contributed by atoms with Crippen molar-refractivity contribution in [2.24, 2.45) is 5.73 Å². The average molecular weight is 308 g/mol. The largest absolute Gasteiger partial charge is 0.416 e. The fourth-order valence-corrected chi connectivity index (χ4v) is 2.54. The Bertz CT molecular complexity index is 637. The fraction of sp³-hybridized carbons (Fsp3) is 0.294. The maximum atomic E-state index is 12.6. The molecule has 0 saturated carbocycles. The van der Waals surface area contributed by atoms with Gasteiger partial charge in [0.05, 0.1) is 23.0 Å². The zero-order valence-corrected chi connectivity index (χ0v) is 12.8. The predicted octanol–water partition coefficient (Wildman–Crippen LogP) is 4.73. The van der Waals surface area contributed by atoms with E-state index in [0.29, 0.717) is 5.70 Å². The highest BCUT2D eigenvalue weighted by atomic mass is 19.4. The number of alkyl halides is 3. The molecule has 0 spiro atoms. The van der Waals surface area contributed by atoms with Gasteiger partial charge in [-0.3, -0.25) is 0 Å². The van der Waals surface area contributed by atoms with E-state index in [0.717, 1.165) is 29.0 Å². The van der Waals surface area contributed by atoms with Crippen LogP contribution >= 0.6 is 0 Å². The molecule has 0 saturated heterocycles. The van der Waals surface area contributed by atoms with Gasteiger partial charge in [-0.2, -0.15) is 13.2 Å². The minimum Gasteiger partial charge on any atom is -0.397 e. The number of halogens is 3. The Morgan fingerprint density at radius 3 is 2.27 bits per heavy atom. The summed E-state index contributed by atoms with van der Waals surface area (Å²) in [5, 5.41) is 0. The number of allylic oxidation sites excluding steroid dienone is 3. The molecule has 2 N–H and O–H groups in total. The van der Waals surface area contributed by atoms with Crippen molar-refractivity contribution < 1.29 is 13.2 Å². The molecule has 0 bridgehead atoms. The maximum Gasteiger partial charge on any atom is 0.416 e. The molecular weight excluding hydrogens is 289 g/mol. The zero-order valence-electron chi connectivity index (χ0n) is 12.8. The lowest BCUT2D eigenvalue weighted by Gasteiger charge is -2.33. The van der Waals surface area contributed by atoms with Crippen LogP contribution in [0.4, 0.5) is 13.2 Å². The van der Waals surface area contributed by atoms with E-state index >= 15 is 0 Å². The number of benzene rings is 1. The third kappa shape index (κ3) is 3.18. The number of nitrogens with zero attached hydrogens (tertiary/aromatic N) is 1. The normalized spacial score (nSPS) is 19.0. The first-order valence-corrected chi connectivity index (χ1v) is 7.02. The monoisotopic (exact) mass is 308 g/mol. The number of rotatable bonds is 2. The van der Waals surface area contributed by atoms with Crippen LogP contribution < -0.4 is 5.73 Å². The van der Waals surface area contributed by atoms with Crippen LogP contribution in [0.15, 0.2) is 59.6 Å². The van der Waals surface area contributed by atoms with Crippen LogP contribution in [0.5, 0.6) is 0 Å². The van der Waals surface area contributed by atoms with Gasteiger partial charge in [-0.25, -0.2) is 0 Å². The molecule has 0 aliphatic carbocycles. The van der Waals surface area contributed by atoms with Gasteiger partial charge in [-0.05, 0) is 50.1 Å². The Morgan fingerprint density at radius 1 is 1.18 bits per heavy atom. The molecule has 118 valence electrons. The van der Waals surface area contributed by atoms with Gasteiger partial charge >= 0.3 is 6.18 Å². The third-order valence-corrected chi connectivity index (χ3v) is 3.71. The topological polar surface area (TPSA) is 29.3 Å². The molecule has 0 amide bonds. The van der Waals surface area contributed by atoms with Crippen molar-refractivity contribution in [3.8, 4) is 0 Å². The molecule has 1 unspecified atom stereocenters. The number of hydrogen-bond acceptors (Lipinski definition) is 2. The standard InChI is InChI=1S/C17H19F3N2/c1-4-16-15(21)9-11(2)10-22(16)12(3)13-5-7-14(8-6-13)17(18,19)20/h4-10,12H,21H2,1-3H3/b16-4+. The highest BCUT2D eigenvalue weighted by Crippen LogP contribution is 2.33. The van der Waals surface area contributed by atoms with E-state index in [1.54, 1.807) is 0 Å². The summed E-state index contributed by atoms with van der Waals surface area (Å²) in [7, 11) is 0. The molecule has 1 aromatic rings. The minimum atomic E-state index is -4.31. The van der Waals surface area contributed by atoms with Crippen LogP contribution in [0.2, 0.25) is 0 Å². The van der Waals surface area contributed by atoms with E-state index in [9.17, 15) is 13.2 Å². The molecule has 1 heterocycles. The van der Waals surface area contributed by atoms with Crippen molar-refractivity contribution in [3.63, 3.8) is 0 Å². The lowest BCUT2D eigenvalue weighted by atomic mass is 10.0. The zero-order chi connectivity index (χ0) is 16.5.